The number of amides is 1. The van der Waals surface area contributed by atoms with Crippen LogP contribution in [-0.4, -0.2) is 33.2 Å². The first kappa shape index (κ1) is 19.8. The standard InChI is InChI=1S/C21H17FN4O3S2/c1-12-8-19(24-20(27)6-7-30-14-4-2-13(22)3-5-14)26(25-12)21-23-15-9-16-17(29-11-28-16)10-18(15)31-21/h2-5,8-10H,6-7,11H2,1H3,(H,24,27). The number of hydrogen-bond donors (Lipinski definition) is 1. The van der Waals surface area contributed by atoms with E-state index in [1.54, 1.807) is 16.8 Å². The Labute approximate surface area is 185 Å². The number of anilines is 1. The maximum absolute atomic E-state index is 13.0. The fourth-order valence-corrected chi connectivity index (χ4v) is 4.92. The normalized spacial score (nSPS) is 12.5. The molecular formula is C21H17FN4O3S2. The van der Waals surface area contributed by atoms with Crippen molar-refractivity contribution >= 4 is 45.0 Å². The molecule has 7 nitrogen and oxygen atoms in total. The SMILES string of the molecule is Cc1cc(NC(=O)CCSc2ccc(F)cc2)n(-c2nc3cc4c(cc3s2)OCO4)n1. The van der Waals surface area contributed by atoms with E-state index in [4.69, 9.17) is 9.47 Å². The maximum Gasteiger partial charge on any atom is 0.231 e. The van der Waals surface area contributed by atoms with E-state index in [1.807, 2.05) is 25.1 Å². The average Bonchev–Trinajstić information content (AvgIpc) is 3.45. The number of fused-ring (bicyclic) bond motifs is 2. The second-order valence-corrected chi connectivity index (χ2v) is 9.03. The smallest absolute Gasteiger partial charge is 0.231 e. The summed E-state index contributed by atoms with van der Waals surface area (Å²) in [5, 5.41) is 8.05. The third-order valence-corrected chi connectivity index (χ3v) is 6.57. The highest BCUT2D eigenvalue weighted by Gasteiger charge is 2.19. The van der Waals surface area contributed by atoms with Crippen molar-refractivity contribution in [3.8, 4) is 16.6 Å². The largest absolute Gasteiger partial charge is 0.454 e. The molecule has 0 spiro atoms. The van der Waals surface area contributed by atoms with Crippen LogP contribution in [0.5, 0.6) is 11.5 Å². The Balaban J connectivity index is 1.29. The number of thiazole rings is 1. The first-order valence-electron chi connectivity index (χ1n) is 9.50. The lowest BCUT2D eigenvalue weighted by atomic mass is 10.3. The number of benzene rings is 2. The summed E-state index contributed by atoms with van der Waals surface area (Å²) in [7, 11) is 0. The van der Waals surface area contributed by atoms with E-state index in [0.717, 1.165) is 20.8 Å². The fraction of sp³-hybridized carbons (Fsp3) is 0.190. The van der Waals surface area contributed by atoms with Crippen LogP contribution in [0.1, 0.15) is 12.1 Å². The van der Waals surface area contributed by atoms with Crippen LogP contribution in [0.25, 0.3) is 15.3 Å². The van der Waals surface area contributed by atoms with Gasteiger partial charge >= 0.3 is 0 Å². The Morgan fingerprint density at radius 1 is 1.23 bits per heavy atom. The van der Waals surface area contributed by atoms with Crippen molar-refractivity contribution in [1.82, 2.24) is 14.8 Å². The molecule has 0 atom stereocenters. The summed E-state index contributed by atoms with van der Waals surface area (Å²) in [5.41, 5.74) is 1.55. The molecule has 10 heteroatoms. The molecule has 1 amide bonds. The molecule has 1 aliphatic rings. The number of hydrogen-bond acceptors (Lipinski definition) is 7. The van der Waals surface area contributed by atoms with E-state index in [2.05, 4.69) is 15.4 Å². The van der Waals surface area contributed by atoms with Gasteiger partial charge in [0.15, 0.2) is 11.5 Å². The summed E-state index contributed by atoms with van der Waals surface area (Å²) in [5.74, 6) is 2.12. The van der Waals surface area contributed by atoms with Gasteiger partial charge in [0.05, 0.1) is 15.9 Å². The Morgan fingerprint density at radius 3 is 2.81 bits per heavy atom. The number of aryl methyl sites for hydroxylation is 1. The Hall–Kier alpha value is -3.11. The van der Waals surface area contributed by atoms with Crippen molar-refractivity contribution in [3.05, 3.63) is 54.0 Å². The number of carbonyl (C=O) groups excluding carboxylic acids is 1. The third kappa shape index (κ3) is 4.21. The lowest BCUT2D eigenvalue weighted by molar-refractivity contribution is -0.115. The average molecular weight is 457 g/mol. The molecule has 1 aliphatic heterocycles. The van der Waals surface area contributed by atoms with Crippen LogP contribution in [-0.2, 0) is 4.79 Å². The minimum atomic E-state index is -0.273. The molecule has 0 bridgehead atoms. The molecule has 0 aliphatic carbocycles. The van der Waals surface area contributed by atoms with Crippen molar-refractivity contribution < 1.29 is 18.7 Å². The van der Waals surface area contributed by atoms with Gasteiger partial charge in [-0.1, -0.05) is 11.3 Å². The van der Waals surface area contributed by atoms with E-state index >= 15 is 0 Å². The first-order valence-corrected chi connectivity index (χ1v) is 11.3. The molecule has 5 rings (SSSR count). The summed E-state index contributed by atoms with van der Waals surface area (Å²) >= 11 is 2.96. The number of thioether (sulfide) groups is 1. The molecule has 0 fully saturated rings. The van der Waals surface area contributed by atoms with Gasteiger partial charge in [-0.2, -0.15) is 9.78 Å². The lowest BCUT2D eigenvalue weighted by Gasteiger charge is -2.06. The van der Waals surface area contributed by atoms with Crippen molar-refractivity contribution in [1.29, 1.82) is 0 Å². The number of nitrogens with one attached hydrogen (secondary N) is 1. The van der Waals surface area contributed by atoms with Gasteiger partial charge in [0, 0.05) is 35.3 Å². The molecule has 0 radical (unpaired) electrons. The van der Waals surface area contributed by atoms with E-state index in [9.17, 15) is 9.18 Å². The predicted octanol–water partition coefficient (Wildman–Crippen LogP) is 4.78. The molecule has 0 unspecified atom stereocenters. The van der Waals surface area contributed by atoms with Crippen LogP contribution in [0.2, 0.25) is 0 Å². The molecule has 2 aromatic heterocycles. The highest BCUT2D eigenvalue weighted by atomic mass is 32.2. The fourth-order valence-electron chi connectivity index (χ4n) is 3.13. The van der Waals surface area contributed by atoms with Gasteiger partial charge in [0.2, 0.25) is 17.8 Å². The highest BCUT2D eigenvalue weighted by molar-refractivity contribution is 7.99. The van der Waals surface area contributed by atoms with Crippen LogP contribution in [0, 0.1) is 12.7 Å². The summed E-state index contributed by atoms with van der Waals surface area (Å²) < 4.78 is 26.4. The van der Waals surface area contributed by atoms with E-state index in [1.165, 1.54) is 35.2 Å². The van der Waals surface area contributed by atoms with Gasteiger partial charge in [0.1, 0.15) is 11.6 Å². The number of ether oxygens (including phenoxy) is 2. The van der Waals surface area contributed by atoms with Crippen LogP contribution in [0.4, 0.5) is 10.2 Å². The Kier molecular flexibility index (Phi) is 5.24. The molecule has 4 aromatic rings. The van der Waals surface area contributed by atoms with E-state index < -0.39 is 0 Å². The molecule has 1 N–H and O–H groups in total. The molecule has 0 saturated carbocycles. The van der Waals surface area contributed by atoms with Gasteiger partial charge in [-0.3, -0.25) is 4.79 Å². The van der Waals surface area contributed by atoms with Crippen LogP contribution >= 0.6 is 23.1 Å². The van der Waals surface area contributed by atoms with Gasteiger partial charge in [-0.05, 0) is 31.2 Å². The summed E-state index contributed by atoms with van der Waals surface area (Å²) in [6.45, 7) is 2.08. The number of rotatable bonds is 6. The highest BCUT2D eigenvalue weighted by Crippen LogP contribution is 2.39. The quantitative estimate of drug-likeness (QED) is 0.421. The predicted molar refractivity (Wildman–Crippen MR) is 118 cm³/mol. The number of carbonyl (C=O) groups is 1. The molecular weight excluding hydrogens is 439 g/mol. The summed E-state index contributed by atoms with van der Waals surface area (Å²) in [6, 6.07) is 11.8. The van der Waals surface area contributed by atoms with Gasteiger partial charge < -0.3 is 14.8 Å². The summed E-state index contributed by atoms with van der Waals surface area (Å²) in [6.07, 6.45) is 0.313. The second-order valence-electron chi connectivity index (χ2n) is 6.85. The molecule has 158 valence electrons. The van der Waals surface area contributed by atoms with E-state index in [-0.39, 0.29) is 18.5 Å². The second kappa shape index (κ2) is 8.20. The van der Waals surface area contributed by atoms with Crippen LogP contribution in [0.15, 0.2) is 47.4 Å². The zero-order valence-corrected chi connectivity index (χ0v) is 18.1. The zero-order chi connectivity index (χ0) is 21.4. The number of aromatic nitrogens is 3. The topological polar surface area (TPSA) is 78.3 Å². The van der Waals surface area contributed by atoms with E-state index in [0.29, 0.717) is 34.6 Å². The Bertz CT molecular complexity index is 1230. The monoisotopic (exact) mass is 456 g/mol. The number of nitrogens with zero attached hydrogens (tertiary/aromatic N) is 3. The molecule has 0 saturated heterocycles. The van der Waals surface area contributed by atoms with Crippen molar-refractivity contribution in [2.24, 2.45) is 0 Å². The molecule has 2 aromatic carbocycles. The third-order valence-electron chi connectivity index (χ3n) is 4.56. The minimum absolute atomic E-state index is 0.127. The van der Waals surface area contributed by atoms with Gasteiger partial charge in [-0.15, -0.1) is 11.8 Å². The lowest BCUT2D eigenvalue weighted by Crippen LogP contribution is -2.15. The molecule has 3 heterocycles. The summed E-state index contributed by atoms with van der Waals surface area (Å²) in [4.78, 5) is 18.1. The van der Waals surface area contributed by atoms with Crippen molar-refractivity contribution in [2.75, 3.05) is 17.9 Å². The van der Waals surface area contributed by atoms with Crippen molar-refractivity contribution in [2.45, 2.75) is 18.2 Å². The maximum atomic E-state index is 13.0. The van der Waals surface area contributed by atoms with Gasteiger partial charge in [-0.25, -0.2) is 9.37 Å². The van der Waals surface area contributed by atoms with Crippen LogP contribution < -0.4 is 14.8 Å². The Morgan fingerprint density at radius 2 is 2.00 bits per heavy atom. The van der Waals surface area contributed by atoms with Gasteiger partial charge in [0.25, 0.3) is 0 Å². The number of halogens is 1. The first-order chi connectivity index (χ1) is 15.0. The van der Waals surface area contributed by atoms with Crippen LogP contribution in [0.3, 0.4) is 0 Å². The molecule has 31 heavy (non-hydrogen) atoms. The van der Waals surface area contributed by atoms with Crippen molar-refractivity contribution in [3.63, 3.8) is 0 Å². The minimum Gasteiger partial charge on any atom is -0.454 e. The zero-order valence-electron chi connectivity index (χ0n) is 16.4.